The molecule has 0 fully saturated rings. The van der Waals surface area contributed by atoms with Crippen LogP contribution in [0.15, 0.2) is 72.8 Å². The van der Waals surface area contributed by atoms with Crippen molar-refractivity contribution in [1.29, 1.82) is 0 Å². The van der Waals surface area contributed by atoms with Gasteiger partial charge in [0, 0.05) is 17.5 Å². The van der Waals surface area contributed by atoms with Crippen LogP contribution in [0.5, 0.6) is 17.2 Å². The molecule has 0 aliphatic heterocycles. The lowest BCUT2D eigenvalue weighted by molar-refractivity contribution is -0.179. The van der Waals surface area contributed by atoms with Gasteiger partial charge in [0.15, 0.2) is 11.5 Å². The molecular formula is C28H29ClO7. The van der Waals surface area contributed by atoms with Gasteiger partial charge in [0.1, 0.15) is 12.4 Å². The first kappa shape index (κ1) is 26.9. The van der Waals surface area contributed by atoms with Gasteiger partial charge in [-0.3, -0.25) is 0 Å². The molecule has 0 atom stereocenters. The zero-order valence-corrected chi connectivity index (χ0v) is 21.2. The molecule has 0 saturated heterocycles. The number of methoxy groups -OCH3 is 1. The van der Waals surface area contributed by atoms with Crippen LogP contribution < -0.4 is 14.2 Å². The molecule has 0 aliphatic rings. The van der Waals surface area contributed by atoms with E-state index in [9.17, 15) is 9.59 Å². The lowest BCUT2D eigenvalue weighted by Crippen LogP contribution is -2.55. The fraction of sp³-hybridized carbons (Fsp3) is 0.286. The number of carbonyl (C=O) groups is 2. The van der Waals surface area contributed by atoms with Crippen LogP contribution in [0, 0.1) is 0 Å². The number of esters is 2. The first-order chi connectivity index (χ1) is 17.4. The average molecular weight is 513 g/mol. The highest BCUT2D eigenvalue weighted by Gasteiger charge is 2.52. The zero-order valence-electron chi connectivity index (χ0n) is 20.5. The molecule has 0 amide bonds. The summed E-state index contributed by atoms with van der Waals surface area (Å²) in [6.45, 7) is 3.62. The van der Waals surface area contributed by atoms with Crippen molar-refractivity contribution in [2.75, 3.05) is 20.3 Å². The van der Waals surface area contributed by atoms with Crippen LogP contribution in [0.1, 0.15) is 25.0 Å². The van der Waals surface area contributed by atoms with Gasteiger partial charge in [-0.15, -0.1) is 0 Å². The van der Waals surface area contributed by atoms with Gasteiger partial charge in [-0.25, -0.2) is 9.59 Å². The van der Waals surface area contributed by atoms with E-state index >= 15 is 0 Å². The van der Waals surface area contributed by atoms with Gasteiger partial charge in [0.25, 0.3) is 0 Å². The van der Waals surface area contributed by atoms with Crippen LogP contribution in [-0.4, -0.2) is 37.9 Å². The highest BCUT2D eigenvalue weighted by atomic mass is 35.5. The van der Waals surface area contributed by atoms with Crippen molar-refractivity contribution in [2.24, 2.45) is 0 Å². The average Bonchev–Trinajstić information content (AvgIpc) is 2.89. The topological polar surface area (TPSA) is 80.3 Å². The molecule has 0 spiro atoms. The van der Waals surface area contributed by atoms with Gasteiger partial charge in [0.2, 0.25) is 0 Å². The fourth-order valence-electron chi connectivity index (χ4n) is 3.48. The lowest BCUT2D eigenvalue weighted by Gasteiger charge is -2.30. The second-order valence-corrected chi connectivity index (χ2v) is 8.20. The maximum atomic E-state index is 13.3. The van der Waals surface area contributed by atoms with Crippen molar-refractivity contribution in [1.82, 2.24) is 0 Å². The van der Waals surface area contributed by atoms with Crippen molar-refractivity contribution < 1.29 is 33.3 Å². The molecule has 0 heterocycles. The summed E-state index contributed by atoms with van der Waals surface area (Å²) in [6.07, 6.45) is -0.143. The van der Waals surface area contributed by atoms with E-state index < -0.39 is 17.5 Å². The zero-order chi connectivity index (χ0) is 26.0. The quantitative estimate of drug-likeness (QED) is 0.237. The Balaban J connectivity index is 2.03. The highest BCUT2D eigenvalue weighted by molar-refractivity contribution is 6.30. The largest absolute Gasteiger partial charge is 0.497 e. The van der Waals surface area contributed by atoms with E-state index in [1.807, 2.05) is 30.3 Å². The number of benzene rings is 3. The fourth-order valence-corrected chi connectivity index (χ4v) is 3.64. The molecular weight excluding hydrogens is 484 g/mol. The summed E-state index contributed by atoms with van der Waals surface area (Å²) in [5.74, 6) is -0.706. The van der Waals surface area contributed by atoms with Crippen LogP contribution in [0.3, 0.4) is 0 Å². The van der Waals surface area contributed by atoms with E-state index in [4.69, 9.17) is 35.3 Å². The van der Waals surface area contributed by atoms with Crippen LogP contribution >= 0.6 is 11.6 Å². The summed E-state index contributed by atoms with van der Waals surface area (Å²) < 4.78 is 28.0. The summed E-state index contributed by atoms with van der Waals surface area (Å²) in [7, 11) is 1.55. The molecule has 190 valence electrons. The third-order valence-corrected chi connectivity index (χ3v) is 5.48. The monoisotopic (exact) mass is 512 g/mol. The van der Waals surface area contributed by atoms with Crippen molar-refractivity contribution in [3.05, 3.63) is 88.9 Å². The molecule has 0 aromatic heterocycles. The molecule has 3 rings (SSSR count). The van der Waals surface area contributed by atoms with E-state index in [0.29, 0.717) is 16.3 Å². The molecule has 7 nitrogen and oxygen atoms in total. The molecule has 0 saturated carbocycles. The van der Waals surface area contributed by atoms with Crippen molar-refractivity contribution in [2.45, 2.75) is 32.5 Å². The van der Waals surface area contributed by atoms with Crippen LogP contribution in [0.2, 0.25) is 5.02 Å². The molecule has 8 heteroatoms. The Kier molecular flexibility index (Phi) is 9.59. The van der Waals surface area contributed by atoms with Crippen LogP contribution in [-0.2, 0) is 32.1 Å². The lowest BCUT2D eigenvalue weighted by atomic mass is 9.93. The number of hydrogen-bond acceptors (Lipinski definition) is 7. The first-order valence-electron chi connectivity index (χ1n) is 11.5. The van der Waals surface area contributed by atoms with Gasteiger partial charge in [-0.05, 0) is 49.2 Å². The summed E-state index contributed by atoms with van der Waals surface area (Å²) in [5, 5.41) is 0.401. The molecule has 36 heavy (non-hydrogen) atoms. The third-order valence-electron chi connectivity index (χ3n) is 5.25. The minimum Gasteiger partial charge on any atom is -0.497 e. The molecule has 3 aromatic carbocycles. The Morgan fingerprint density at radius 1 is 0.806 bits per heavy atom. The predicted molar refractivity (Wildman–Crippen MR) is 136 cm³/mol. The number of ether oxygens (including phenoxy) is 5. The molecule has 0 unspecified atom stereocenters. The third kappa shape index (κ3) is 6.70. The highest BCUT2D eigenvalue weighted by Crippen LogP contribution is 2.36. The Bertz CT molecular complexity index is 1130. The Labute approximate surface area is 215 Å². The summed E-state index contributed by atoms with van der Waals surface area (Å²) >= 11 is 6.22. The van der Waals surface area contributed by atoms with Crippen molar-refractivity contribution in [3.8, 4) is 17.2 Å². The summed E-state index contributed by atoms with van der Waals surface area (Å²) in [5.41, 5.74) is -0.569. The van der Waals surface area contributed by atoms with E-state index in [0.717, 1.165) is 5.56 Å². The number of halogens is 1. The minimum absolute atomic E-state index is 0.0456. The minimum atomic E-state index is -2.13. The van der Waals surface area contributed by atoms with Gasteiger partial charge < -0.3 is 23.7 Å². The molecule has 0 bridgehead atoms. The van der Waals surface area contributed by atoms with Crippen LogP contribution in [0.25, 0.3) is 0 Å². The van der Waals surface area contributed by atoms with E-state index in [1.165, 1.54) is 0 Å². The molecule has 0 aliphatic carbocycles. The van der Waals surface area contributed by atoms with Crippen LogP contribution in [0.4, 0.5) is 0 Å². The van der Waals surface area contributed by atoms with E-state index in [2.05, 4.69) is 0 Å². The summed E-state index contributed by atoms with van der Waals surface area (Å²) in [4.78, 5) is 26.7. The second kappa shape index (κ2) is 12.8. The maximum absolute atomic E-state index is 13.3. The Hall–Kier alpha value is -3.71. The van der Waals surface area contributed by atoms with E-state index in [-0.39, 0.29) is 37.7 Å². The molecule has 0 N–H and O–H groups in total. The molecule has 0 radical (unpaired) electrons. The Morgan fingerprint density at radius 2 is 1.44 bits per heavy atom. The Morgan fingerprint density at radius 3 is 2.03 bits per heavy atom. The smallest absolute Gasteiger partial charge is 0.362 e. The standard InChI is InChI=1S/C28H29ClO7/c1-4-33-26(30)28(27(31)34-5-2,18-20-11-14-23(32-3)15-12-20)36-24-16-13-22(29)17-25(24)35-19-21-9-7-6-8-10-21/h6-17H,4-5,18-19H2,1-3H3. The van der Waals surface area contributed by atoms with E-state index in [1.54, 1.807) is 63.4 Å². The maximum Gasteiger partial charge on any atom is 0.362 e. The second-order valence-electron chi connectivity index (χ2n) is 7.76. The van der Waals surface area contributed by atoms with Gasteiger partial charge in [-0.2, -0.15) is 0 Å². The SMILES string of the molecule is CCOC(=O)C(Cc1ccc(OC)cc1)(Oc1ccc(Cl)cc1OCc1ccccc1)C(=O)OCC. The van der Waals surface area contributed by atoms with Gasteiger partial charge in [-0.1, -0.05) is 54.1 Å². The number of hydrogen-bond donors (Lipinski definition) is 0. The van der Waals surface area contributed by atoms with Crippen molar-refractivity contribution >= 4 is 23.5 Å². The summed E-state index contributed by atoms with van der Waals surface area (Å²) in [6, 6.07) is 21.2. The van der Waals surface area contributed by atoms with Crippen molar-refractivity contribution in [3.63, 3.8) is 0 Å². The number of rotatable bonds is 12. The van der Waals surface area contributed by atoms with Gasteiger partial charge >= 0.3 is 17.5 Å². The normalized spacial score (nSPS) is 10.9. The first-order valence-corrected chi connectivity index (χ1v) is 11.9. The number of carbonyl (C=O) groups excluding carboxylic acids is 2. The molecule has 3 aromatic rings. The predicted octanol–water partition coefficient (Wildman–Crippen LogP) is 5.41. The van der Waals surface area contributed by atoms with Gasteiger partial charge in [0.05, 0.1) is 20.3 Å².